The molecule has 2 aromatic rings. The predicted octanol–water partition coefficient (Wildman–Crippen LogP) is 3.87. The first-order valence-corrected chi connectivity index (χ1v) is 10.0. The number of carbonyl (C=O) groups excluding carboxylic acids is 1. The lowest BCUT2D eigenvalue weighted by Gasteiger charge is -2.33. The van der Waals surface area contributed by atoms with Gasteiger partial charge in [0.15, 0.2) is 0 Å². The molecule has 1 fully saturated rings. The smallest absolute Gasteiger partial charge is 0.222 e. The third kappa shape index (κ3) is 4.71. The molecule has 0 aliphatic carbocycles. The second kappa shape index (κ2) is 8.59. The lowest BCUT2D eigenvalue weighted by atomic mass is 9.96. The van der Waals surface area contributed by atoms with Crippen molar-refractivity contribution in [2.45, 2.75) is 51.5 Å². The fourth-order valence-corrected chi connectivity index (χ4v) is 3.86. The highest BCUT2D eigenvalue weighted by atomic mass is 16.2. The third-order valence-corrected chi connectivity index (χ3v) is 5.47. The summed E-state index contributed by atoms with van der Waals surface area (Å²) in [6, 6.07) is 8.88. The van der Waals surface area contributed by atoms with E-state index < -0.39 is 0 Å². The quantitative estimate of drug-likeness (QED) is 0.777. The van der Waals surface area contributed by atoms with E-state index in [1.165, 1.54) is 11.3 Å². The molecule has 0 bridgehead atoms. The number of amides is 1. The first kappa shape index (κ1) is 19.5. The molecule has 5 nitrogen and oxygen atoms in total. The van der Waals surface area contributed by atoms with Gasteiger partial charge in [-0.15, -0.1) is 0 Å². The molecule has 1 aliphatic heterocycles. The van der Waals surface area contributed by atoms with Gasteiger partial charge < -0.3 is 14.4 Å². The Labute approximate surface area is 163 Å². The van der Waals surface area contributed by atoms with E-state index in [0.717, 1.165) is 38.2 Å². The van der Waals surface area contributed by atoms with Crippen molar-refractivity contribution in [3.05, 3.63) is 48.0 Å². The number of aromatic nitrogens is 2. The molecule has 1 aromatic carbocycles. The number of carbonyl (C=O) groups is 1. The van der Waals surface area contributed by atoms with Gasteiger partial charge in [-0.1, -0.05) is 12.1 Å². The van der Waals surface area contributed by atoms with E-state index in [1.807, 2.05) is 25.2 Å². The van der Waals surface area contributed by atoms with Crippen LogP contribution in [0.25, 0.3) is 0 Å². The van der Waals surface area contributed by atoms with Gasteiger partial charge in [0.1, 0.15) is 5.82 Å². The highest BCUT2D eigenvalue weighted by Crippen LogP contribution is 2.28. The summed E-state index contributed by atoms with van der Waals surface area (Å²) in [6.45, 7) is 6.02. The number of hydrogen-bond acceptors (Lipinski definition) is 3. The van der Waals surface area contributed by atoms with Crippen molar-refractivity contribution < 1.29 is 4.79 Å². The molecule has 1 aromatic heterocycles. The molecule has 1 saturated heterocycles. The van der Waals surface area contributed by atoms with Crippen molar-refractivity contribution in [3.63, 3.8) is 0 Å². The van der Waals surface area contributed by atoms with Gasteiger partial charge in [0.25, 0.3) is 0 Å². The fraction of sp³-hybridized carbons (Fsp3) is 0.545. The zero-order chi connectivity index (χ0) is 19.4. The molecule has 146 valence electrons. The van der Waals surface area contributed by atoms with Gasteiger partial charge in [0.2, 0.25) is 5.91 Å². The second-order valence-corrected chi connectivity index (χ2v) is 8.03. The zero-order valence-corrected chi connectivity index (χ0v) is 17.1. The Balaban J connectivity index is 1.57. The first-order valence-electron chi connectivity index (χ1n) is 10.0. The minimum Gasteiger partial charge on any atom is -0.378 e. The molecule has 1 atom stereocenters. The average molecular weight is 369 g/mol. The van der Waals surface area contributed by atoms with Gasteiger partial charge in [0.05, 0.1) is 0 Å². The Morgan fingerprint density at radius 2 is 2.00 bits per heavy atom. The maximum absolute atomic E-state index is 12.8. The summed E-state index contributed by atoms with van der Waals surface area (Å²) >= 11 is 0. The van der Waals surface area contributed by atoms with Crippen molar-refractivity contribution in [2.75, 3.05) is 32.1 Å². The number of nitrogens with zero attached hydrogens (tertiary/aromatic N) is 4. The molecule has 0 spiro atoms. The molecule has 27 heavy (non-hydrogen) atoms. The third-order valence-electron chi connectivity index (χ3n) is 5.47. The zero-order valence-electron chi connectivity index (χ0n) is 17.1. The molecular weight excluding hydrogens is 336 g/mol. The number of piperidine rings is 1. The molecule has 2 heterocycles. The van der Waals surface area contributed by atoms with Gasteiger partial charge in [0, 0.05) is 63.6 Å². The molecular formula is C22H32N4O. The summed E-state index contributed by atoms with van der Waals surface area (Å²) < 4.78 is 2.24. The van der Waals surface area contributed by atoms with Crippen molar-refractivity contribution in [1.82, 2.24) is 14.5 Å². The number of benzene rings is 1. The van der Waals surface area contributed by atoms with Crippen LogP contribution in [0.5, 0.6) is 0 Å². The molecule has 1 aliphatic rings. The largest absolute Gasteiger partial charge is 0.378 e. The van der Waals surface area contributed by atoms with E-state index in [2.05, 4.69) is 58.8 Å². The van der Waals surface area contributed by atoms with E-state index in [1.54, 1.807) is 0 Å². The van der Waals surface area contributed by atoms with Gasteiger partial charge in [-0.05, 0) is 50.8 Å². The summed E-state index contributed by atoms with van der Waals surface area (Å²) in [5.41, 5.74) is 2.41. The predicted molar refractivity (Wildman–Crippen MR) is 110 cm³/mol. The monoisotopic (exact) mass is 368 g/mol. The number of imidazole rings is 1. The van der Waals surface area contributed by atoms with Gasteiger partial charge >= 0.3 is 0 Å². The second-order valence-electron chi connectivity index (χ2n) is 8.03. The minimum absolute atomic E-state index is 0.263. The van der Waals surface area contributed by atoms with Crippen LogP contribution in [0.2, 0.25) is 0 Å². The number of anilines is 1. The van der Waals surface area contributed by atoms with Gasteiger partial charge in [-0.25, -0.2) is 4.98 Å². The van der Waals surface area contributed by atoms with E-state index in [0.29, 0.717) is 18.4 Å². The van der Waals surface area contributed by atoms with Crippen molar-refractivity contribution in [3.8, 4) is 0 Å². The Bertz CT molecular complexity index is 748. The van der Waals surface area contributed by atoms with Crippen LogP contribution in [-0.2, 0) is 11.2 Å². The number of rotatable bonds is 6. The van der Waals surface area contributed by atoms with Crippen molar-refractivity contribution >= 4 is 11.6 Å². The Morgan fingerprint density at radius 1 is 1.26 bits per heavy atom. The average Bonchev–Trinajstić information content (AvgIpc) is 3.17. The molecule has 1 amide bonds. The van der Waals surface area contributed by atoms with Gasteiger partial charge in [-0.3, -0.25) is 4.79 Å². The van der Waals surface area contributed by atoms with Gasteiger partial charge in [-0.2, -0.15) is 0 Å². The normalized spacial score (nSPS) is 17.4. The summed E-state index contributed by atoms with van der Waals surface area (Å²) in [7, 11) is 4.08. The van der Waals surface area contributed by atoms with Crippen LogP contribution in [0.3, 0.4) is 0 Å². The Kier molecular flexibility index (Phi) is 6.19. The highest BCUT2D eigenvalue weighted by Gasteiger charge is 2.27. The van der Waals surface area contributed by atoms with Crippen LogP contribution in [0.1, 0.15) is 56.5 Å². The van der Waals surface area contributed by atoms with Crippen LogP contribution in [0.15, 0.2) is 36.7 Å². The van der Waals surface area contributed by atoms with Crippen LogP contribution >= 0.6 is 0 Å². The van der Waals surface area contributed by atoms with Crippen molar-refractivity contribution in [1.29, 1.82) is 0 Å². The molecule has 5 heteroatoms. The Hall–Kier alpha value is -2.30. The highest BCUT2D eigenvalue weighted by molar-refractivity contribution is 5.76. The molecule has 1 unspecified atom stereocenters. The first-order chi connectivity index (χ1) is 13.0. The SMILES string of the molecule is CC(C)n1ccnc1C1CCCN(C(=O)CCc2ccc(N(C)C)cc2)C1. The van der Waals surface area contributed by atoms with Crippen LogP contribution in [0, 0.1) is 0 Å². The standard InChI is InChI=1S/C22H32N4O/c1-17(2)26-15-13-23-22(26)19-6-5-14-25(16-19)21(27)12-9-18-7-10-20(11-8-18)24(3)4/h7-8,10-11,13,15,17,19H,5-6,9,12,14,16H2,1-4H3. The van der Waals surface area contributed by atoms with E-state index in [4.69, 9.17) is 0 Å². The lowest BCUT2D eigenvalue weighted by molar-refractivity contribution is -0.132. The maximum atomic E-state index is 12.8. The molecule has 3 rings (SSSR count). The number of aryl methyl sites for hydroxylation is 1. The summed E-state index contributed by atoms with van der Waals surface area (Å²) in [6.07, 6.45) is 7.48. The maximum Gasteiger partial charge on any atom is 0.222 e. The summed E-state index contributed by atoms with van der Waals surface area (Å²) in [5, 5.41) is 0. The van der Waals surface area contributed by atoms with E-state index >= 15 is 0 Å². The van der Waals surface area contributed by atoms with Crippen LogP contribution < -0.4 is 4.90 Å². The van der Waals surface area contributed by atoms with E-state index in [-0.39, 0.29) is 5.91 Å². The molecule has 0 N–H and O–H groups in total. The topological polar surface area (TPSA) is 41.4 Å². The summed E-state index contributed by atoms with van der Waals surface area (Å²) in [5.74, 6) is 1.74. The Morgan fingerprint density at radius 3 is 2.67 bits per heavy atom. The molecule has 0 saturated carbocycles. The number of likely N-dealkylation sites (tertiary alicyclic amines) is 1. The fourth-order valence-electron chi connectivity index (χ4n) is 3.86. The van der Waals surface area contributed by atoms with Crippen LogP contribution in [-0.4, -0.2) is 47.5 Å². The van der Waals surface area contributed by atoms with E-state index in [9.17, 15) is 4.79 Å². The molecule has 0 radical (unpaired) electrons. The minimum atomic E-state index is 0.263. The number of hydrogen-bond donors (Lipinski definition) is 0. The summed E-state index contributed by atoms with van der Waals surface area (Å²) in [4.78, 5) is 21.5. The lowest BCUT2D eigenvalue weighted by Crippen LogP contribution is -2.40. The van der Waals surface area contributed by atoms with Crippen molar-refractivity contribution in [2.24, 2.45) is 0 Å². The van der Waals surface area contributed by atoms with Crippen LogP contribution in [0.4, 0.5) is 5.69 Å².